The van der Waals surface area contributed by atoms with Crippen LogP contribution in [0.5, 0.6) is 0 Å². The minimum absolute atomic E-state index is 0.0890. The third kappa shape index (κ3) is 4.56. The standard InChI is InChI=1S/C17H26N4O3S/c1-25(23,24)21(11-10-19-8-3-2-4-9-19)16-13-20(14-16)17(22)15-6-5-7-18-12-15/h5-7,12,16H,2-4,8-11,13-14H2,1H3. The van der Waals surface area contributed by atoms with Crippen molar-refractivity contribution in [3.8, 4) is 0 Å². The Kier molecular flexibility index (Phi) is 5.71. The summed E-state index contributed by atoms with van der Waals surface area (Å²) in [6.07, 6.45) is 8.07. The van der Waals surface area contributed by atoms with Gasteiger partial charge in [-0.2, -0.15) is 4.31 Å². The topological polar surface area (TPSA) is 73.8 Å². The van der Waals surface area contributed by atoms with Gasteiger partial charge in [-0.3, -0.25) is 9.78 Å². The molecule has 1 amide bonds. The number of amides is 1. The lowest BCUT2D eigenvalue weighted by Gasteiger charge is -2.44. The van der Waals surface area contributed by atoms with Crippen molar-refractivity contribution in [2.24, 2.45) is 0 Å². The highest BCUT2D eigenvalue weighted by Gasteiger charge is 2.39. The second-order valence-electron chi connectivity index (χ2n) is 6.88. The summed E-state index contributed by atoms with van der Waals surface area (Å²) < 4.78 is 25.9. The summed E-state index contributed by atoms with van der Waals surface area (Å²) in [4.78, 5) is 20.3. The smallest absolute Gasteiger partial charge is 0.255 e. The largest absolute Gasteiger partial charge is 0.335 e. The average Bonchev–Trinajstić information content (AvgIpc) is 2.57. The van der Waals surface area contributed by atoms with Crippen molar-refractivity contribution >= 4 is 15.9 Å². The quantitative estimate of drug-likeness (QED) is 0.739. The summed E-state index contributed by atoms with van der Waals surface area (Å²) in [6.45, 7) is 4.25. The highest BCUT2D eigenvalue weighted by Crippen LogP contribution is 2.20. The third-order valence-corrected chi connectivity index (χ3v) is 6.31. The predicted molar refractivity (Wildman–Crippen MR) is 95.8 cm³/mol. The van der Waals surface area contributed by atoms with Gasteiger partial charge in [0.2, 0.25) is 10.0 Å². The van der Waals surface area contributed by atoms with E-state index in [1.165, 1.54) is 25.5 Å². The Morgan fingerprint density at radius 2 is 2.00 bits per heavy atom. The molecule has 25 heavy (non-hydrogen) atoms. The van der Waals surface area contributed by atoms with Crippen LogP contribution in [0.15, 0.2) is 24.5 Å². The number of nitrogens with zero attached hydrogens (tertiary/aromatic N) is 4. The van der Waals surface area contributed by atoms with E-state index in [0.717, 1.165) is 19.6 Å². The molecule has 2 saturated heterocycles. The number of piperidine rings is 1. The molecule has 8 heteroatoms. The summed E-state index contributed by atoms with van der Waals surface area (Å²) in [6, 6.07) is 3.33. The molecular formula is C17H26N4O3S. The first kappa shape index (κ1) is 18.3. The molecule has 3 rings (SSSR count). The van der Waals surface area contributed by atoms with Gasteiger partial charge in [0.1, 0.15) is 0 Å². The molecule has 3 heterocycles. The van der Waals surface area contributed by atoms with Crippen LogP contribution in [0.2, 0.25) is 0 Å². The minimum Gasteiger partial charge on any atom is -0.335 e. The molecular weight excluding hydrogens is 340 g/mol. The molecule has 0 spiro atoms. The number of rotatable bonds is 6. The van der Waals surface area contributed by atoms with Crippen LogP contribution in [0.4, 0.5) is 0 Å². The molecule has 0 bridgehead atoms. The van der Waals surface area contributed by atoms with E-state index in [-0.39, 0.29) is 11.9 Å². The monoisotopic (exact) mass is 366 g/mol. The average molecular weight is 366 g/mol. The molecule has 138 valence electrons. The van der Waals surface area contributed by atoms with Crippen molar-refractivity contribution in [2.75, 3.05) is 45.5 Å². The molecule has 2 aliphatic heterocycles. The number of pyridine rings is 1. The first-order valence-corrected chi connectivity index (χ1v) is 10.7. The van der Waals surface area contributed by atoms with Crippen molar-refractivity contribution in [1.82, 2.24) is 19.1 Å². The third-order valence-electron chi connectivity index (χ3n) is 4.98. The Morgan fingerprint density at radius 3 is 2.60 bits per heavy atom. The van der Waals surface area contributed by atoms with Gasteiger partial charge in [0.25, 0.3) is 5.91 Å². The summed E-state index contributed by atoms with van der Waals surface area (Å²) in [5.74, 6) is -0.0890. The van der Waals surface area contributed by atoms with E-state index < -0.39 is 10.0 Å². The van der Waals surface area contributed by atoms with Crippen molar-refractivity contribution in [1.29, 1.82) is 0 Å². The molecule has 1 aromatic heterocycles. The van der Waals surface area contributed by atoms with Crippen LogP contribution in [-0.2, 0) is 10.0 Å². The number of hydrogen-bond acceptors (Lipinski definition) is 5. The Balaban J connectivity index is 1.55. The maximum absolute atomic E-state index is 12.4. The second kappa shape index (κ2) is 7.80. The maximum Gasteiger partial charge on any atom is 0.255 e. The fraction of sp³-hybridized carbons (Fsp3) is 0.647. The second-order valence-corrected chi connectivity index (χ2v) is 8.82. The molecule has 2 fully saturated rings. The van der Waals surface area contributed by atoms with Gasteiger partial charge in [0, 0.05) is 38.6 Å². The SMILES string of the molecule is CS(=O)(=O)N(CCN1CCCCC1)C1CN(C(=O)c2cccnc2)C1. The van der Waals surface area contributed by atoms with Crippen LogP contribution in [0.25, 0.3) is 0 Å². The van der Waals surface area contributed by atoms with Gasteiger partial charge in [-0.05, 0) is 38.1 Å². The molecule has 0 N–H and O–H groups in total. The summed E-state index contributed by atoms with van der Waals surface area (Å²) >= 11 is 0. The molecule has 7 nitrogen and oxygen atoms in total. The number of sulfonamides is 1. The zero-order valence-corrected chi connectivity index (χ0v) is 15.5. The fourth-order valence-corrected chi connectivity index (χ4v) is 4.61. The van der Waals surface area contributed by atoms with Crippen molar-refractivity contribution in [3.05, 3.63) is 30.1 Å². The lowest BCUT2D eigenvalue weighted by Crippen LogP contribution is -2.63. The van der Waals surface area contributed by atoms with Crippen molar-refractivity contribution in [3.63, 3.8) is 0 Å². The Morgan fingerprint density at radius 1 is 1.28 bits per heavy atom. The molecule has 2 aliphatic rings. The van der Waals surface area contributed by atoms with Crippen LogP contribution in [-0.4, -0.2) is 85.0 Å². The van der Waals surface area contributed by atoms with Crippen LogP contribution >= 0.6 is 0 Å². The van der Waals surface area contributed by atoms with Crippen LogP contribution in [0.3, 0.4) is 0 Å². The zero-order valence-electron chi connectivity index (χ0n) is 14.7. The molecule has 0 aromatic carbocycles. The lowest BCUT2D eigenvalue weighted by atomic mass is 10.1. The van der Waals surface area contributed by atoms with Crippen LogP contribution in [0.1, 0.15) is 29.6 Å². The van der Waals surface area contributed by atoms with Crippen LogP contribution < -0.4 is 0 Å². The highest BCUT2D eigenvalue weighted by atomic mass is 32.2. The summed E-state index contributed by atoms with van der Waals surface area (Å²) in [5.41, 5.74) is 0.542. The number of carbonyl (C=O) groups excluding carboxylic acids is 1. The Bertz CT molecular complexity index is 683. The Labute approximate surface area is 149 Å². The van der Waals surface area contributed by atoms with Gasteiger partial charge in [0.15, 0.2) is 0 Å². The number of likely N-dealkylation sites (tertiary alicyclic amines) is 2. The minimum atomic E-state index is -3.28. The molecule has 1 aromatic rings. The summed E-state index contributed by atoms with van der Waals surface area (Å²) in [7, 11) is -3.28. The number of carbonyl (C=O) groups is 1. The van der Waals surface area contributed by atoms with Crippen molar-refractivity contribution in [2.45, 2.75) is 25.3 Å². The van der Waals surface area contributed by atoms with Gasteiger partial charge in [-0.25, -0.2) is 8.42 Å². The highest BCUT2D eigenvalue weighted by molar-refractivity contribution is 7.88. The van der Waals surface area contributed by atoms with E-state index >= 15 is 0 Å². The van der Waals surface area contributed by atoms with Gasteiger partial charge >= 0.3 is 0 Å². The molecule has 0 unspecified atom stereocenters. The van der Waals surface area contributed by atoms with E-state index in [1.807, 2.05) is 0 Å². The van der Waals surface area contributed by atoms with E-state index in [2.05, 4.69) is 9.88 Å². The first-order valence-electron chi connectivity index (χ1n) is 8.83. The van der Waals surface area contributed by atoms with Crippen LogP contribution in [0, 0.1) is 0 Å². The zero-order chi connectivity index (χ0) is 17.9. The summed E-state index contributed by atoms with van der Waals surface area (Å²) in [5, 5.41) is 0. The number of hydrogen-bond donors (Lipinski definition) is 0. The molecule has 0 radical (unpaired) electrons. The maximum atomic E-state index is 12.4. The molecule has 0 aliphatic carbocycles. The van der Waals surface area contributed by atoms with E-state index in [4.69, 9.17) is 0 Å². The molecule has 0 saturated carbocycles. The lowest BCUT2D eigenvalue weighted by molar-refractivity contribution is 0.0437. The normalized spacial score (nSPS) is 19.8. The van der Waals surface area contributed by atoms with Crippen molar-refractivity contribution < 1.29 is 13.2 Å². The number of aromatic nitrogens is 1. The van der Waals surface area contributed by atoms with Gasteiger partial charge in [0.05, 0.1) is 17.9 Å². The van der Waals surface area contributed by atoms with Gasteiger partial charge in [-0.1, -0.05) is 6.42 Å². The van der Waals surface area contributed by atoms with Gasteiger partial charge < -0.3 is 9.80 Å². The fourth-order valence-electron chi connectivity index (χ4n) is 3.52. The van der Waals surface area contributed by atoms with E-state index in [1.54, 1.807) is 33.7 Å². The Hall–Kier alpha value is -1.51. The molecule has 0 atom stereocenters. The van der Waals surface area contributed by atoms with Gasteiger partial charge in [-0.15, -0.1) is 0 Å². The van der Waals surface area contributed by atoms with E-state index in [0.29, 0.717) is 25.2 Å². The predicted octanol–water partition coefficient (Wildman–Crippen LogP) is 0.654. The first-order chi connectivity index (χ1) is 11.9. The van der Waals surface area contributed by atoms with E-state index in [9.17, 15) is 13.2 Å².